The number of nitro groups is 1. The van der Waals surface area contributed by atoms with E-state index in [4.69, 9.17) is 5.73 Å². The molecule has 9 nitrogen and oxygen atoms in total. The SMILES string of the molecule is CNS(=O)(=O)c1ccc(CNC(=O)c2ccc(N)c([N+](=O)[O-])c2)cc1. The number of nitrogens with zero attached hydrogens (tertiary/aromatic N) is 1. The third-order valence-corrected chi connectivity index (χ3v) is 4.87. The van der Waals surface area contributed by atoms with Crippen molar-refractivity contribution in [2.24, 2.45) is 0 Å². The lowest BCUT2D eigenvalue weighted by atomic mass is 10.1. The zero-order valence-electron chi connectivity index (χ0n) is 13.2. The first kappa shape index (κ1) is 18.4. The van der Waals surface area contributed by atoms with E-state index in [2.05, 4.69) is 10.0 Å². The third-order valence-electron chi connectivity index (χ3n) is 3.44. The zero-order valence-corrected chi connectivity index (χ0v) is 14.0. The summed E-state index contributed by atoms with van der Waals surface area (Å²) >= 11 is 0. The molecule has 132 valence electrons. The molecule has 10 heteroatoms. The van der Waals surface area contributed by atoms with Gasteiger partial charge in [0.2, 0.25) is 10.0 Å². The maximum absolute atomic E-state index is 12.1. The van der Waals surface area contributed by atoms with E-state index in [1.54, 1.807) is 12.1 Å². The molecular formula is C15H16N4O5S. The van der Waals surface area contributed by atoms with E-state index < -0.39 is 20.9 Å². The van der Waals surface area contributed by atoms with Crippen LogP contribution in [0.15, 0.2) is 47.4 Å². The molecule has 0 saturated carbocycles. The molecule has 25 heavy (non-hydrogen) atoms. The number of nitrogens with one attached hydrogen (secondary N) is 2. The third kappa shape index (κ3) is 4.31. The van der Waals surface area contributed by atoms with Crippen molar-refractivity contribution in [3.63, 3.8) is 0 Å². The number of hydrogen-bond donors (Lipinski definition) is 3. The largest absolute Gasteiger partial charge is 0.393 e. The predicted molar refractivity (Wildman–Crippen MR) is 91.4 cm³/mol. The fraction of sp³-hybridized carbons (Fsp3) is 0.133. The van der Waals surface area contributed by atoms with E-state index in [1.807, 2.05) is 0 Å². The maximum atomic E-state index is 12.1. The normalized spacial score (nSPS) is 11.1. The Labute approximate surface area is 144 Å². The zero-order chi connectivity index (χ0) is 18.6. The van der Waals surface area contributed by atoms with Gasteiger partial charge in [0.05, 0.1) is 9.82 Å². The van der Waals surface area contributed by atoms with Crippen LogP contribution in [0.1, 0.15) is 15.9 Å². The van der Waals surface area contributed by atoms with Crippen LogP contribution in [0.5, 0.6) is 0 Å². The van der Waals surface area contributed by atoms with Gasteiger partial charge in [-0.15, -0.1) is 0 Å². The highest BCUT2D eigenvalue weighted by atomic mass is 32.2. The van der Waals surface area contributed by atoms with Gasteiger partial charge in [-0.2, -0.15) is 0 Å². The number of benzene rings is 2. The Bertz CT molecular complexity index is 910. The highest BCUT2D eigenvalue weighted by molar-refractivity contribution is 7.89. The molecule has 0 aliphatic carbocycles. The van der Waals surface area contributed by atoms with Crippen LogP contribution in [0.4, 0.5) is 11.4 Å². The number of nitrogen functional groups attached to an aromatic ring is 1. The summed E-state index contributed by atoms with van der Waals surface area (Å²) in [7, 11) is -2.20. The minimum atomic E-state index is -3.52. The molecule has 1 amide bonds. The number of carbonyl (C=O) groups excluding carboxylic acids is 1. The minimum Gasteiger partial charge on any atom is -0.393 e. The molecule has 0 radical (unpaired) electrons. The quantitative estimate of drug-likeness (QED) is 0.396. The van der Waals surface area contributed by atoms with Crippen molar-refractivity contribution in [1.29, 1.82) is 0 Å². The summed E-state index contributed by atoms with van der Waals surface area (Å²) in [5, 5.41) is 13.5. The lowest BCUT2D eigenvalue weighted by molar-refractivity contribution is -0.383. The standard InChI is InChI=1S/C15H16N4O5S/c1-17-25(23,24)12-5-2-10(3-6-12)9-18-15(20)11-4-7-13(16)14(8-11)19(21)22/h2-8,17H,9,16H2,1H3,(H,18,20). The Morgan fingerprint density at radius 2 is 1.84 bits per heavy atom. The second-order valence-corrected chi connectivity index (χ2v) is 6.95. The van der Waals surface area contributed by atoms with E-state index >= 15 is 0 Å². The van der Waals surface area contributed by atoms with Gasteiger partial charge in [-0.05, 0) is 36.9 Å². The molecule has 0 heterocycles. The summed E-state index contributed by atoms with van der Waals surface area (Å²) in [4.78, 5) is 22.4. The number of amides is 1. The van der Waals surface area contributed by atoms with Crippen molar-refractivity contribution in [1.82, 2.24) is 10.0 Å². The van der Waals surface area contributed by atoms with Crippen molar-refractivity contribution in [3.05, 3.63) is 63.7 Å². The minimum absolute atomic E-state index is 0.0251. The number of carbonyl (C=O) groups is 1. The van der Waals surface area contributed by atoms with Crippen molar-refractivity contribution in [2.45, 2.75) is 11.4 Å². The molecule has 0 atom stereocenters. The van der Waals surface area contributed by atoms with E-state index in [0.29, 0.717) is 5.56 Å². The molecule has 0 aliphatic rings. The van der Waals surface area contributed by atoms with Crippen LogP contribution in [-0.4, -0.2) is 26.3 Å². The van der Waals surface area contributed by atoms with Crippen LogP contribution in [0.3, 0.4) is 0 Å². The monoisotopic (exact) mass is 364 g/mol. The number of nitro benzene ring substituents is 1. The molecule has 2 aromatic rings. The number of rotatable bonds is 6. The molecule has 2 aromatic carbocycles. The van der Waals surface area contributed by atoms with Crippen LogP contribution >= 0.6 is 0 Å². The van der Waals surface area contributed by atoms with Crippen molar-refractivity contribution < 1.29 is 18.1 Å². The van der Waals surface area contributed by atoms with E-state index in [-0.39, 0.29) is 28.4 Å². The second-order valence-electron chi connectivity index (χ2n) is 5.06. The molecule has 0 bridgehead atoms. The Kier molecular flexibility index (Phi) is 5.35. The fourth-order valence-corrected chi connectivity index (χ4v) is 2.76. The molecule has 4 N–H and O–H groups in total. The topological polar surface area (TPSA) is 144 Å². The van der Waals surface area contributed by atoms with Crippen LogP contribution < -0.4 is 15.8 Å². The van der Waals surface area contributed by atoms with E-state index in [1.165, 1.54) is 31.3 Å². The molecule has 0 saturated heterocycles. The first-order valence-electron chi connectivity index (χ1n) is 7.09. The maximum Gasteiger partial charge on any atom is 0.292 e. The van der Waals surface area contributed by atoms with Crippen molar-refractivity contribution >= 4 is 27.3 Å². The Hall–Kier alpha value is -2.98. The Balaban J connectivity index is 2.08. The smallest absolute Gasteiger partial charge is 0.292 e. The summed E-state index contributed by atoms with van der Waals surface area (Å²) in [6.45, 7) is 0.136. The molecule has 0 fully saturated rings. The van der Waals surface area contributed by atoms with Gasteiger partial charge < -0.3 is 11.1 Å². The first-order valence-corrected chi connectivity index (χ1v) is 8.57. The molecule has 0 aliphatic heterocycles. The lowest BCUT2D eigenvalue weighted by Gasteiger charge is -2.07. The summed E-state index contributed by atoms with van der Waals surface area (Å²) in [5.74, 6) is -0.505. The predicted octanol–water partition coefficient (Wildman–Crippen LogP) is 1.02. The number of nitrogens with two attached hydrogens (primary N) is 1. The van der Waals surface area contributed by atoms with Crippen LogP contribution in [-0.2, 0) is 16.6 Å². The average molecular weight is 364 g/mol. The molecule has 0 unspecified atom stereocenters. The Morgan fingerprint density at radius 3 is 2.40 bits per heavy atom. The van der Waals surface area contributed by atoms with Crippen molar-refractivity contribution in [3.8, 4) is 0 Å². The van der Waals surface area contributed by atoms with Crippen LogP contribution in [0.2, 0.25) is 0 Å². The molecule has 0 aromatic heterocycles. The summed E-state index contributed by atoms with van der Waals surface area (Å²) in [6.07, 6.45) is 0. The van der Waals surface area contributed by atoms with Gasteiger partial charge in [0.25, 0.3) is 11.6 Å². The molecular weight excluding hydrogens is 348 g/mol. The molecule has 0 spiro atoms. The summed E-state index contributed by atoms with van der Waals surface area (Å²) in [6, 6.07) is 9.76. The van der Waals surface area contributed by atoms with Gasteiger partial charge in [-0.25, -0.2) is 13.1 Å². The molecule has 2 rings (SSSR count). The van der Waals surface area contributed by atoms with E-state index in [0.717, 1.165) is 6.07 Å². The summed E-state index contributed by atoms with van der Waals surface area (Å²) in [5.41, 5.74) is 5.91. The van der Waals surface area contributed by atoms with Gasteiger partial charge >= 0.3 is 0 Å². The second kappa shape index (κ2) is 7.28. The van der Waals surface area contributed by atoms with Gasteiger partial charge in [0, 0.05) is 18.2 Å². The van der Waals surface area contributed by atoms with Gasteiger partial charge in [0.15, 0.2) is 0 Å². The highest BCUT2D eigenvalue weighted by Gasteiger charge is 2.16. The van der Waals surface area contributed by atoms with Gasteiger partial charge in [0.1, 0.15) is 5.69 Å². The first-order chi connectivity index (χ1) is 11.7. The Morgan fingerprint density at radius 1 is 1.20 bits per heavy atom. The van der Waals surface area contributed by atoms with Gasteiger partial charge in [-0.3, -0.25) is 14.9 Å². The van der Waals surface area contributed by atoms with E-state index in [9.17, 15) is 23.3 Å². The number of hydrogen-bond acceptors (Lipinski definition) is 6. The van der Waals surface area contributed by atoms with Crippen LogP contribution in [0.25, 0.3) is 0 Å². The number of sulfonamides is 1. The summed E-state index contributed by atoms with van der Waals surface area (Å²) < 4.78 is 25.5. The fourth-order valence-electron chi connectivity index (χ4n) is 2.03. The van der Waals surface area contributed by atoms with Gasteiger partial charge in [-0.1, -0.05) is 12.1 Å². The van der Waals surface area contributed by atoms with Crippen molar-refractivity contribution in [2.75, 3.05) is 12.8 Å². The van der Waals surface area contributed by atoms with Crippen LogP contribution in [0, 0.1) is 10.1 Å². The lowest BCUT2D eigenvalue weighted by Crippen LogP contribution is -2.23. The average Bonchev–Trinajstić information content (AvgIpc) is 2.60. The number of anilines is 1. The highest BCUT2D eigenvalue weighted by Crippen LogP contribution is 2.22.